The van der Waals surface area contributed by atoms with Gasteiger partial charge in [0.25, 0.3) is 0 Å². The molecule has 0 saturated heterocycles. The van der Waals surface area contributed by atoms with Crippen molar-refractivity contribution >= 4 is 28.6 Å². The molecule has 2 rings (SSSR count). The molecule has 0 radical (unpaired) electrons. The van der Waals surface area contributed by atoms with E-state index in [1.807, 2.05) is 18.3 Å². The van der Waals surface area contributed by atoms with Crippen LogP contribution in [0.25, 0.3) is 17.0 Å². The summed E-state index contributed by atoms with van der Waals surface area (Å²) in [4.78, 5) is 0. The van der Waals surface area contributed by atoms with Crippen molar-refractivity contribution in [3.8, 4) is 0 Å². The van der Waals surface area contributed by atoms with E-state index in [0.29, 0.717) is 10.9 Å². The highest BCUT2D eigenvalue weighted by molar-refractivity contribution is 6.33. The fourth-order valence-electron chi connectivity index (χ4n) is 2.06. The van der Waals surface area contributed by atoms with Gasteiger partial charge in [-0.1, -0.05) is 37.6 Å². The van der Waals surface area contributed by atoms with Crippen LogP contribution in [0, 0.1) is 0 Å². The van der Waals surface area contributed by atoms with E-state index >= 15 is 0 Å². The van der Waals surface area contributed by atoms with Crippen LogP contribution in [0.2, 0.25) is 5.02 Å². The van der Waals surface area contributed by atoms with E-state index in [9.17, 15) is 0 Å². The van der Waals surface area contributed by atoms with Gasteiger partial charge in [-0.2, -0.15) is 5.10 Å². The summed E-state index contributed by atoms with van der Waals surface area (Å²) in [5.41, 5.74) is 3.07. The molecule has 4 heteroatoms. The number of nitrogens with zero attached hydrogens (tertiary/aromatic N) is 1. The predicted octanol–water partition coefficient (Wildman–Crippen LogP) is 3.35. The second-order valence-electron chi connectivity index (χ2n) is 4.26. The number of hydrogen-bond donors (Lipinski definition) is 2. The smallest absolute Gasteiger partial charge is 0.0668 e. The van der Waals surface area contributed by atoms with Crippen molar-refractivity contribution in [1.82, 2.24) is 10.2 Å². The number of nitrogens with one attached hydrogen (secondary N) is 1. The van der Waals surface area contributed by atoms with Crippen LogP contribution in [0.5, 0.6) is 0 Å². The summed E-state index contributed by atoms with van der Waals surface area (Å²) in [7, 11) is 0. The first-order valence-electron chi connectivity index (χ1n) is 5.58. The molecule has 0 bridgehead atoms. The third-order valence-electron chi connectivity index (χ3n) is 2.74. The molecule has 0 amide bonds. The van der Waals surface area contributed by atoms with Crippen molar-refractivity contribution in [2.24, 2.45) is 0 Å². The molecule has 2 aromatic rings. The molecule has 1 aromatic heterocycles. The number of aromatic nitrogens is 2. The Balaban J connectivity index is 2.74. The molecular weight excluding hydrogens is 236 g/mol. The predicted molar refractivity (Wildman–Crippen MR) is 71.3 cm³/mol. The lowest BCUT2D eigenvalue weighted by molar-refractivity contribution is 0.343. The second kappa shape index (κ2) is 4.90. The average Bonchev–Trinajstić information content (AvgIpc) is 2.72. The highest BCUT2D eigenvalue weighted by Gasteiger charge is 2.14. The summed E-state index contributed by atoms with van der Waals surface area (Å²) < 4.78 is 0. The molecule has 1 heterocycles. The Morgan fingerprint density at radius 3 is 2.94 bits per heavy atom. The molecule has 0 aliphatic rings. The van der Waals surface area contributed by atoms with Crippen LogP contribution in [-0.2, 0) is 0 Å². The standard InChI is InChI=1S/C13H15ClN2O/c1-8(2)13-9(4-3-5-17)11(14)6-12-10(13)7-15-16-12/h3-4,6-8,17H,5H2,1-2H3,(H,15,16)/b4-3-. The fourth-order valence-corrected chi connectivity index (χ4v) is 2.33. The summed E-state index contributed by atoms with van der Waals surface area (Å²) in [6.07, 6.45) is 5.38. The lowest BCUT2D eigenvalue weighted by Crippen LogP contribution is -1.94. The monoisotopic (exact) mass is 250 g/mol. The summed E-state index contributed by atoms with van der Waals surface area (Å²) in [5.74, 6) is 0.340. The third kappa shape index (κ3) is 2.21. The van der Waals surface area contributed by atoms with Gasteiger partial charge in [-0.3, -0.25) is 5.10 Å². The molecule has 17 heavy (non-hydrogen) atoms. The van der Waals surface area contributed by atoms with Crippen LogP contribution >= 0.6 is 11.6 Å². The summed E-state index contributed by atoms with van der Waals surface area (Å²) in [5, 5.41) is 17.6. The van der Waals surface area contributed by atoms with Gasteiger partial charge in [0.15, 0.2) is 0 Å². The highest BCUT2D eigenvalue weighted by Crippen LogP contribution is 2.34. The van der Waals surface area contributed by atoms with E-state index in [0.717, 1.165) is 22.0 Å². The Hall–Kier alpha value is -1.32. The fraction of sp³-hybridized carbons (Fsp3) is 0.308. The normalized spacial score (nSPS) is 12.1. The van der Waals surface area contributed by atoms with E-state index in [1.54, 1.807) is 6.08 Å². The molecule has 0 atom stereocenters. The summed E-state index contributed by atoms with van der Waals surface area (Å²) in [6, 6.07) is 1.87. The van der Waals surface area contributed by atoms with Gasteiger partial charge < -0.3 is 5.11 Å². The maximum absolute atomic E-state index is 8.87. The van der Waals surface area contributed by atoms with Crippen LogP contribution < -0.4 is 0 Å². The molecular formula is C13H15ClN2O. The van der Waals surface area contributed by atoms with Gasteiger partial charge in [-0.25, -0.2) is 0 Å². The largest absolute Gasteiger partial charge is 0.392 e. The van der Waals surface area contributed by atoms with E-state index in [1.165, 1.54) is 0 Å². The van der Waals surface area contributed by atoms with Crippen LogP contribution in [0.1, 0.15) is 30.9 Å². The number of aromatic amines is 1. The van der Waals surface area contributed by atoms with E-state index in [4.69, 9.17) is 16.7 Å². The SMILES string of the molecule is CC(C)c1c(/C=C\CO)c(Cl)cc2[nH]ncc12. The van der Waals surface area contributed by atoms with Crippen molar-refractivity contribution in [3.63, 3.8) is 0 Å². The number of rotatable bonds is 3. The van der Waals surface area contributed by atoms with Crippen molar-refractivity contribution < 1.29 is 5.11 Å². The molecule has 0 spiro atoms. The van der Waals surface area contributed by atoms with Gasteiger partial charge in [-0.15, -0.1) is 0 Å². The van der Waals surface area contributed by atoms with Crippen molar-refractivity contribution in [2.75, 3.05) is 6.61 Å². The topological polar surface area (TPSA) is 48.9 Å². The van der Waals surface area contributed by atoms with Gasteiger partial charge in [0.1, 0.15) is 0 Å². The number of hydrogen-bond acceptors (Lipinski definition) is 2. The van der Waals surface area contributed by atoms with Crippen molar-refractivity contribution in [2.45, 2.75) is 19.8 Å². The van der Waals surface area contributed by atoms with Gasteiger partial charge in [-0.05, 0) is 23.1 Å². The number of aliphatic hydroxyl groups is 1. The van der Waals surface area contributed by atoms with Gasteiger partial charge in [0, 0.05) is 5.39 Å². The Morgan fingerprint density at radius 2 is 2.29 bits per heavy atom. The number of fused-ring (bicyclic) bond motifs is 1. The Morgan fingerprint density at radius 1 is 1.53 bits per heavy atom. The minimum Gasteiger partial charge on any atom is -0.392 e. The molecule has 0 aliphatic carbocycles. The Kier molecular flexibility index (Phi) is 3.50. The second-order valence-corrected chi connectivity index (χ2v) is 4.66. The van der Waals surface area contributed by atoms with Gasteiger partial charge in [0.05, 0.1) is 23.3 Å². The third-order valence-corrected chi connectivity index (χ3v) is 3.06. The van der Waals surface area contributed by atoms with E-state index < -0.39 is 0 Å². The number of aliphatic hydroxyl groups excluding tert-OH is 1. The Labute approximate surface area is 105 Å². The van der Waals surface area contributed by atoms with Crippen LogP contribution in [0.4, 0.5) is 0 Å². The van der Waals surface area contributed by atoms with Crippen molar-refractivity contribution in [3.05, 3.63) is 34.5 Å². The van der Waals surface area contributed by atoms with Crippen LogP contribution in [0.3, 0.4) is 0 Å². The zero-order valence-electron chi connectivity index (χ0n) is 9.87. The molecule has 0 unspecified atom stereocenters. The first-order chi connectivity index (χ1) is 8.15. The van der Waals surface area contributed by atoms with E-state index in [2.05, 4.69) is 24.0 Å². The number of H-pyrrole nitrogens is 1. The van der Waals surface area contributed by atoms with Gasteiger partial charge >= 0.3 is 0 Å². The van der Waals surface area contributed by atoms with E-state index in [-0.39, 0.29) is 6.61 Å². The Bertz CT molecular complexity index is 558. The van der Waals surface area contributed by atoms with Crippen LogP contribution in [-0.4, -0.2) is 21.9 Å². The highest BCUT2D eigenvalue weighted by atomic mass is 35.5. The lowest BCUT2D eigenvalue weighted by atomic mass is 9.93. The number of halogens is 1. The zero-order valence-corrected chi connectivity index (χ0v) is 10.6. The lowest BCUT2D eigenvalue weighted by Gasteiger charge is -2.13. The molecule has 90 valence electrons. The zero-order chi connectivity index (χ0) is 12.4. The summed E-state index contributed by atoms with van der Waals surface area (Å²) in [6.45, 7) is 4.25. The summed E-state index contributed by atoms with van der Waals surface area (Å²) >= 11 is 6.26. The average molecular weight is 251 g/mol. The molecule has 0 aliphatic heterocycles. The molecule has 0 saturated carbocycles. The minimum absolute atomic E-state index is 0.0112. The molecule has 1 aromatic carbocycles. The maximum atomic E-state index is 8.87. The number of benzene rings is 1. The first-order valence-corrected chi connectivity index (χ1v) is 5.95. The van der Waals surface area contributed by atoms with Crippen LogP contribution in [0.15, 0.2) is 18.3 Å². The van der Waals surface area contributed by atoms with Gasteiger partial charge in [0.2, 0.25) is 0 Å². The molecule has 0 fully saturated rings. The van der Waals surface area contributed by atoms with Crippen molar-refractivity contribution in [1.29, 1.82) is 0 Å². The molecule has 3 nitrogen and oxygen atoms in total. The quantitative estimate of drug-likeness (QED) is 0.878. The first kappa shape index (κ1) is 12.1. The maximum Gasteiger partial charge on any atom is 0.0668 e. The molecule has 2 N–H and O–H groups in total. The minimum atomic E-state index is 0.0112.